The molecule has 8 aliphatic rings. The first-order valence-corrected chi connectivity index (χ1v) is 27.6. The lowest BCUT2D eigenvalue weighted by Gasteiger charge is -2.54. The highest BCUT2D eigenvalue weighted by atomic mass is 19.1. The summed E-state index contributed by atoms with van der Waals surface area (Å²) in [4.78, 5) is 63.4. The van der Waals surface area contributed by atoms with Gasteiger partial charge in [0.25, 0.3) is 5.91 Å². The van der Waals surface area contributed by atoms with Crippen molar-refractivity contribution in [3.8, 4) is 23.0 Å². The minimum absolute atomic E-state index is 0.0179. The van der Waals surface area contributed by atoms with Crippen LogP contribution in [-0.4, -0.2) is 142 Å². The Morgan fingerprint density at radius 2 is 1.64 bits per heavy atom. The Labute approximate surface area is 435 Å². The molecule has 3 aromatic carbocycles. The number of hydrogen-bond acceptors (Lipinski definition) is 13. The zero-order valence-electron chi connectivity index (χ0n) is 42.9. The summed E-state index contributed by atoms with van der Waals surface area (Å²) in [5, 5.41) is 25.1. The number of nitrogens with zero attached hydrogens (tertiary/aromatic N) is 8. The van der Waals surface area contributed by atoms with Crippen molar-refractivity contribution in [1.82, 2.24) is 35.0 Å². The molecule has 75 heavy (non-hydrogen) atoms. The molecule has 394 valence electrons. The van der Waals surface area contributed by atoms with Crippen LogP contribution < -0.4 is 19.9 Å². The van der Waals surface area contributed by atoms with Crippen molar-refractivity contribution in [1.29, 1.82) is 0 Å². The molecule has 3 N–H and O–H groups in total. The number of carbonyl (C=O) groups is 3. The molecule has 17 heteroatoms. The van der Waals surface area contributed by atoms with Gasteiger partial charge in [-0.05, 0) is 165 Å². The number of amides is 3. The number of piperidine rings is 3. The summed E-state index contributed by atoms with van der Waals surface area (Å²) in [6.07, 6.45) is 12.7. The molecule has 0 bridgehead atoms. The minimum Gasteiger partial charge on any atom is -0.508 e. The first-order valence-electron chi connectivity index (χ1n) is 27.6. The zero-order valence-corrected chi connectivity index (χ0v) is 42.9. The maximum absolute atomic E-state index is 17.3. The van der Waals surface area contributed by atoms with Crippen LogP contribution in [0.2, 0.25) is 0 Å². The molecule has 1 atom stereocenters. The van der Waals surface area contributed by atoms with E-state index in [9.17, 15) is 24.6 Å². The lowest BCUT2D eigenvalue weighted by atomic mass is 9.57. The van der Waals surface area contributed by atoms with E-state index >= 15 is 8.78 Å². The number of aliphatic hydroxyl groups is 1. The predicted octanol–water partition coefficient (Wildman–Crippen LogP) is 7.37. The minimum atomic E-state index is -0.677. The molecule has 13 rings (SSSR count). The van der Waals surface area contributed by atoms with Crippen LogP contribution in [0.1, 0.15) is 105 Å². The van der Waals surface area contributed by atoms with Crippen molar-refractivity contribution in [3.63, 3.8) is 0 Å². The fourth-order valence-corrected chi connectivity index (χ4v) is 14.6. The highest BCUT2D eigenvalue weighted by molar-refractivity contribution is 6.06. The van der Waals surface area contributed by atoms with Crippen LogP contribution in [0.15, 0.2) is 48.7 Å². The zero-order chi connectivity index (χ0) is 51.4. The van der Waals surface area contributed by atoms with Crippen LogP contribution >= 0.6 is 0 Å². The number of halogens is 2. The second-order valence-corrected chi connectivity index (χ2v) is 23.9. The van der Waals surface area contributed by atoms with Crippen molar-refractivity contribution in [2.45, 2.75) is 109 Å². The molecular formula is C58H67F2N9O6. The SMILES string of the molecule is CCc1c(F)ccc2cc(O)cc(-c3ncc4c(N5CCC[C@]6(C5)C[C@H](O)C6)nc(OCC5(CN6CCC7(CC6)CC(CN6CCN(c8ccc9c(c8)CN([C@H]8CCC(=O)NC8=O)C9=O)CC6)C7)CC5)nc4c3F)c12. The van der Waals surface area contributed by atoms with Gasteiger partial charge in [-0.25, -0.2) is 8.78 Å². The van der Waals surface area contributed by atoms with Gasteiger partial charge >= 0.3 is 6.01 Å². The van der Waals surface area contributed by atoms with Gasteiger partial charge < -0.3 is 34.5 Å². The third kappa shape index (κ3) is 8.93. The Morgan fingerprint density at radius 1 is 0.840 bits per heavy atom. The Kier molecular flexibility index (Phi) is 12.1. The molecule has 2 aromatic heterocycles. The van der Waals surface area contributed by atoms with E-state index in [1.807, 2.05) is 19.1 Å². The number of rotatable bonds is 12. The van der Waals surface area contributed by atoms with Crippen molar-refractivity contribution in [3.05, 3.63) is 77.0 Å². The highest BCUT2D eigenvalue weighted by Gasteiger charge is 2.50. The van der Waals surface area contributed by atoms with Gasteiger partial charge in [0.2, 0.25) is 11.8 Å². The largest absolute Gasteiger partial charge is 0.508 e. The van der Waals surface area contributed by atoms with E-state index in [0.717, 1.165) is 109 Å². The molecule has 15 nitrogen and oxygen atoms in total. The topological polar surface area (TPSA) is 168 Å². The van der Waals surface area contributed by atoms with E-state index in [1.54, 1.807) is 23.2 Å². The van der Waals surface area contributed by atoms with Gasteiger partial charge in [0.15, 0.2) is 5.82 Å². The molecule has 5 aliphatic heterocycles. The first kappa shape index (κ1) is 48.6. The maximum Gasteiger partial charge on any atom is 0.319 e. The molecule has 7 heterocycles. The Bertz CT molecular complexity index is 3120. The molecule has 3 aliphatic carbocycles. The number of ether oxygens (including phenoxy) is 1. The first-order chi connectivity index (χ1) is 36.2. The number of pyridine rings is 1. The van der Waals surface area contributed by atoms with E-state index in [2.05, 4.69) is 36.0 Å². The number of aromatic hydroxyl groups is 1. The molecule has 5 aromatic rings. The number of likely N-dealkylation sites (tertiary alicyclic amines) is 1. The normalized spacial score (nSPS) is 23.8. The molecule has 3 amide bonds. The fraction of sp³-hybridized carbons (Fsp3) is 0.552. The Hall–Kier alpha value is -6.04. The van der Waals surface area contributed by atoms with Crippen molar-refractivity contribution in [2.75, 3.05) is 81.9 Å². The highest BCUT2D eigenvalue weighted by Crippen LogP contribution is 2.55. The number of aryl methyl sites for hydroxylation is 1. The third-order valence-corrected chi connectivity index (χ3v) is 18.8. The summed E-state index contributed by atoms with van der Waals surface area (Å²) in [6.45, 7) is 12.2. The van der Waals surface area contributed by atoms with Crippen molar-refractivity contribution in [2.24, 2.45) is 22.2 Å². The third-order valence-electron chi connectivity index (χ3n) is 18.8. The van der Waals surface area contributed by atoms with E-state index < -0.39 is 17.7 Å². The number of hydrogen-bond donors (Lipinski definition) is 3. The average molecular weight is 1020 g/mol. The Morgan fingerprint density at radius 3 is 2.39 bits per heavy atom. The van der Waals surface area contributed by atoms with Crippen LogP contribution in [-0.2, 0) is 22.6 Å². The number of aromatic nitrogens is 3. The number of aliphatic hydroxyl groups excluding tert-OH is 1. The van der Waals surface area contributed by atoms with Crippen LogP contribution in [0.4, 0.5) is 20.3 Å². The quantitative estimate of drug-likeness (QED) is 0.106. The van der Waals surface area contributed by atoms with E-state index in [-0.39, 0.29) is 64.0 Å². The Balaban J connectivity index is 0.633. The second-order valence-electron chi connectivity index (χ2n) is 23.9. The smallest absolute Gasteiger partial charge is 0.319 e. The number of fused-ring (bicyclic) bond motifs is 3. The second kappa shape index (κ2) is 18.6. The van der Waals surface area contributed by atoms with Crippen LogP contribution in [0.5, 0.6) is 11.8 Å². The number of piperazine rings is 1. The van der Waals surface area contributed by atoms with Gasteiger partial charge in [-0.3, -0.25) is 29.6 Å². The molecule has 7 fully saturated rings. The maximum atomic E-state index is 17.3. The van der Waals surface area contributed by atoms with Crippen LogP contribution in [0.25, 0.3) is 32.9 Å². The lowest BCUT2D eigenvalue weighted by Crippen LogP contribution is -2.53. The number of anilines is 2. The van der Waals surface area contributed by atoms with Crippen LogP contribution in [0, 0.1) is 33.8 Å². The van der Waals surface area contributed by atoms with Gasteiger partial charge in [-0.2, -0.15) is 9.97 Å². The summed E-state index contributed by atoms with van der Waals surface area (Å²) in [7, 11) is 0. The van der Waals surface area contributed by atoms with E-state index in [4.69, 9.17) is 14.7 Å². The number of imide groups is 1. The van der Waals surface area contributed by atoms with Crippen LogP contribution in [0.3, 0.4) is 0 Å². The van der Waals surface area contributed by atoms with Gasteiger partial charge in [-0.1, -0.05) is 13.0 Å². The number of nitrogens with one attached hydrogen (secondary N) is 1. The van der Waals surface area contributed by atoms with Gasteiger partial charge in [0.05, 0.1) is 18.1 Å². The summed E-state index contributed by atoms with van der Waals surface area (Å²) >= 11 is 0. The summed E-state index contributed by atoms with van der Waals surface area (Å²) < 4.78 is 39.1. The van der Waals surface area contributed by atoms with Crippen molar-refractivity contribution >= 4 is 50.9 Å². The molecule has 3 saturated carbocycles. The number of carbonyl (C=O) groups excluding carboxylic acids is 3. The molecule has 2 spiro atoms. The lowest BCUT2D eigenvalue weighted by molar-refractivity contribution is -0.136. The summed E-state index contributed by atoms with van der Waals surface area (Å²) in [5.74, 6) is -0.667. The summed E-state index contributed by atoms with van der Waals surface area (Å²) in [5.41, 5.74) is 3.86. The summed E-state index contributed by atoms with van der Waals surface area (Å²) in [6, 6.07) is 11.5. The predicted molar refractivity (Wildman–Crippen MR) is 279 cm³/mol. The molecule has 4 saturated heterocycles. The van der Waals surface area contributed by atoms with Gasteiger partial charge in [-0.15, -0.1) is 0 Å². The van der Waals surface area contributed by atoms with E-state index in [0.29, 0.717) is 82.5 Å². The average Bonchev–Trinajstić information content (AvgIpc) is 4.08. The molecular weight excluding hydrogens is 957 g/mol. The van der Waals surface area contributed by atoms with E-state index in [1.165, 1.54) is 37.8 Å². The standard InChI is InChI=1S/C58H67F2N9O6/c1-2-41-45(59)7-4-36-23-39(70)24-43(48(36)41)50-49(60)51-44(29-61-50)52(68-15-3-10-58(33-68)27-40(71)28-58)64-55(63-51)75-34-57(11-12-57)32-66-16-13-56(14-17-66)25-35(26-56)30-65-18-20-67(21-19-65)38-5-6-42-37(22-38)31-69(54(42)74)46-8-9-47(72)62-53(46)73/h4-7,22-24,29,35,40,46,70-71H,2-3,8-21,25-28,30-34H2,1H3,(H,62,72,73)/t40-,46-,58-/m0/s1. The number of phenols is 1. The van der Waals surface area contributed by atoms with Gasteiger partial charge in [0, 0.05) is 93.7 Å². The van der Waals surface area contributed by atoms with Crippen molar-refractivity contribution < 1.29 is 38.1 Å². The number of phenolic OH excluding ortho intramolecular Hbond substituents is 1. The fourth-order valence-electron chi connectivity index (χ4n) is 14.6. The monoisotopic (exact) mass is 1020 g/mol. The van der Waals surface area contributed by atoms with Gasteiger partial charge in [0.1, 0.15) is 34.6 Å². The number of benzene rings is 3. The molecule has 0 unspecified atom stereocenters. The molecule has 0 radical (unpaired) electrons.